The zero-order valence-electron chi connectivity index (χ0n) is 8.47. The first kappa shape index (κ1) is 11.7. The Morgan fingerprint density at radius 1 is 1.33 bits per heavy atom. The van der Waals surface area contributed by atoms with E-state index >= 15 is 0 Å². The second-order valence-electron chi connectivity index (χ2n) is 2.86. The van der Waals surface area contributed by atoms with Crippen LogP contribution in [0.4, 0.5) is 0 Å². The maximum Gasteiger partial charge on any atom is 0.330 e. The average molecular weight is 216 g/mol. The molecular weight excluding hydrogens is 204 g/mol. The van der Waals surface area contributed by atoms with Crippen molar-refractivity contribution in [3.63, 3.8) is 0 Å². The summed E-state index contributed by atoms with van der Waals surface area (Å²) in [6.45, 7) is 0.114. The van der Waals surface area contributed by atoms with Crippen LogP contribution in [0.2, 0.25) is 0 Å². The van der Waals surface area contributed by atoms with Gasteiger partial charge in [-0.25, -0.2) is 14.6 Å². The van der Waals surface area contributed by atoms with Gasteiger partial charge in [0, 0.05) is 6.08 Å². The maximum absolute atomic E-state index is 11.2. The average Bonchev–Trinajstić information content (AvgIpc) is 2.72. The minimum Gasteiger partial charge on any atom is -0.469 e. The molecule has 0 radical (unpaired) electrons. The SMILES string of the molecule is COC(=O)/C=C\[C@@H]1OOC[C@H]1C(=O)OC. The smallest absolute Gasteiger partial charge is 0.330 e. The molecule has 0 aromatic heterocycles. The van der Waals surface area contributed by atoms with E-state index in [2.05, 4.69) is 14.4 Å². The highest BCUT2D eigenvalue weighted by molar-refractivity contribution is 5.82. The predicted molar refractivity (Wildman–Crippen MR) is 47.5 cm³/mol. The minimum atomic E-state index is -0.614. The lowest BCUT2D eigenvalue weighted by Crippen LogP contribution is -2.26. The molecule has 0 N–H and O–H groups in total. The molecule has 84 valence electrons. The van der Waals surface area contributed by atoms with Crippen molar-refractivity contribution in [2.45, 2.75) is 6.10 Å². The topological polar surface area (TPSA) is 71.1 Å². The van der Waals surface area contributed by atoms with Gasteiger partial charge in [0.25, 0.3) is 0 Å². The van der Waals surface area contributed by atoms with Crippen LogP contribution in [0.3, 0.4) is 0 Å². The Balaban J connectivity index is 2.57. The Kier molecular flexibility index (Phi) is 4.26. The van der Waals surface area contributed by atoms with Crippen molar-refractivity contribution in [1.82, 2.24) is 0 Å². The number of ether oxygens (including phenoxy) is 2. The van der Waals surface area contributed by atoms with Crippen molar-refractivity contribution < 1.29 is 28.8 Å². The molecule has 2 atom stereocenters. The zero-order valence-corrected chi connectivity index (χ0v) is 8.47. The van der Waals surface area contributed by atoms with Crippen LogP contribution in [0.25, 0.3) is 0 Å². The van der Waals surface area contributed by atoms with Gasteiger partial charge in [-0.3, -0.25) is 4.79 Å². The van der Waals surface area contributed by atoms with E-state index in [1.54, 1.807) is 0 Å². The van der Waals surface area contributed by atoms with Gasteiger partial charge in [-0.15, -0.1) is 0 Å². The Bertz CT molecular complexity index is 272. The number of methoxy groups -OCH3 is 2. The minimum absolute atomic E-state index is 0.114. The van der Waals surface area contributed by atoms with E-state index in [1.165, 1.54) is 26.4 Å². The van der Waals surface area contributed by atoms with Crippen LogP contribution in [0.5, 0.6) is 0 Å². The van der Waals surface area contributed by atoms with Gasteiger partial charge in [-0.2, -0.15) is 0 Å². The van der Waals surface area contributed by atoms with Crippen molar-refractivity contribution >= 4 is 11.9 Å². The van der Waals surface area contributed by atoms with Crippen LogP contribution >= 0.6 is 0 Å². The van der Waals surface area contributed by atoms with Crippen molar-refractivity contribution in [2.24, 2.45) is 5.92 Å². The normalized spacial score (nSPS) is 25.5. The molecule has 0 aliphatic carbocycles. The van der Waals surface area contributed by atoms with Crippen LogP contribution < -0.4 is 0 Å². The summed E-state index contributed by atoms with van der Waals surface area (Å²) in [4.78, 5) is 31.4. The predicted octanol–water partition coefficient (Wildman–Crippen LogP) is -0.165. The number of hydrogen-bond donors (Lipinski definition) is 0. The quantitative estimate of drug-likeness (QED) is 0.370. The molecule has 1 aliphatic rings. The molecular formula is C9H12O6. The van der Waals surface area contributed by atoms with Crippen molar-refractivity contribution in [2.75, 3.05) is 20.8 Å². The fourth-order valence-corrected chi connectivity index (χ4v) is 1.11. The van der Waals surface area contributed by atoms with E-state index in [9.17, 15) is 9.59 Å². The molecule has 0 bridgehead atoms. The summed E-state index contributed by atoms with van der Waals surface area (Å²) in [5.74, 6) is -1.50. The van der Waals surface area contributed by atoms with Gasteiger partial charge in [0.15, 0.2) is 0 Å². The number of hydrogen-bond acceptors (Lipinski definition) is 6. The van der Waals surface area contributed by atoms with Gasteiger partial charge in [-0.1, -0.05) is 0 Å². The molecule has 0 saturated carbocycles. The zero-order chi connectivity index (χ0) is 11.3. The number of rotatable bonds is 3. The molecule has 1 heterocycles. The molecule has 0 spiro atoms. The summed E-state index contributed by atoms with van der Waals surface area (Å²) < 4.78 is 8.94. The summed E-state index contributed by atoms with van der Waals surface area (Å²) in [6, 6.07) is 0. The van der Waals surface area contributed by atoms with Gasteiger partial charge in [0.2, 0.25) is 0 Å². The van der Waals surface area contributed by atoms with E-state index in [-0.39, 0.29) is 6.61 Å². The lowest BCUT2D eigenvalue weighted by atomic mass is 10.0. The van der Waals surface area contributed by atoms with E-state index in [0.29, 0.717) is 0 Å². The number of carbonyl (C=O) groups is 2. The van der Waals surface area contributed by atoms with Gasteiger partial charge in [0.05, 0.1) is 20.8 Å². The maximum atomic E-state index is 11.2. The molecule has 6 heteroatoms. The highest BCUT2D eigenvalue weighted by atomic mass is 17.2. The molecule has 0 aromatic rings. The molecule has 1 rings (SSSR count). The second-order valence-corrected chi connectivity index (χ2v) is 2.86. The molecule has 6 nitrogen and oxygen atoms in total. The van der Waals surface area contributed by atoms with Crippen LogP contribution in [0.15, 0.2) is 12.2 Å². The van der Waals surface area contributed by atoms with E-state index in [1.807, 2.05) is 0 Å². The molecule has 0 unspecified atom stereocenters. The Morgan fingerprint density at radius 3 is 2.67 bits per heavy atom. The monoisotopic (exact) mass is 216 g/mol. The van der Waals surface area contributed by atoms with E-state index < -0.39 is 24.0 Å². The van der Waals surface area contributed by atoms with E-state index in [4.69, 9.17) is 4.89 Å². The number of carbonyl (C=O) groups excluding carboxylic acids is 2. The Hall–Kier alpha value is -1.40. The third kappa shape index (κ3) is 3.03. The Labute approximate surface area is 86.7 Å². The van der Waals surface area contributed by atoms with Crippen molar-refractivity contribution in [1.29, 1.82) is 0 Å². The molecule has 0 amide bonds. The van der Waals surface area contributed by atoms with Crippen LogP contribution in [-0.2, 0) is 28.8 Å². The van der Waals surface area contributed by atoms with E-state index in [0.717, 1.165) is 0 Å². The molecule has 1 fully saturated rings. The van der Waals surface area contributed by atoms with Gasteiger partial charge < -0.3 is 9.47 Å². The lowest BCUT2D eigenvalue weighted by Gasteiger charge is -2.08. The summed E-state index contributed by atoms with van der Waals surface area (Å²) >= 11 is 0. The van der Waals surface area contributed by atoms with Crippen LogP contribution in [0.1, 0.15) is 0 Å². The second kappa shape index (κ2) is 5.47. The Morgan fingerprint density at radius 2 is 2.07 bits per heavy atom. The van der Waals surface area contributed by atoms with Crippen molar-refractivity contribution in [3.05, 3.63) is 12.2 Å². The highest BCUT2D eigenvalue weighted by Crippen LogP contribution is 2.19. The molecule has 1 saturated heterocycles. The van der Waals surface area contributed by atoms with Crippen LogP contribution in [0, 0.1) is 5.92 Å². The van der Waals surface area contributed by atoms with Crippen LogP contribution in [-0.4, -0.2) is 38.9 Å². The first-order chi connectivity index (χ1) is 7.19. The largest absolute Gasteiger partial charge is 0.469 e. The summed E-state index contributed by atoms with van der Waals surface area (Å²) in [5.41, 5.74) is 0. The standard InChI is InChI=1S/C9H12O6/c1-12-8(10)4-3-7-6(5-14-15-7)9(11)13-2/h3-4,6-7H,5H2,1-2H3/b4-3-/t6-,7+/m1/s1. The lowest BCUT2D eigenvalue weighted by molar-refractivity contribution is -0.265. The fraction of sp³-hybridized carbons (Fsp3) is 0.556. The highest BCUT2D eigenvalue weighted by Gasteiger charge is 2.35. The van der Waals surface area contributed by atoms with Gasteiger partial charge in [-0.05, 0) is 6.08 Å². The van der Waals surface area contributed by atoms with Gasteiger partial charge in [0.1, 0.15) is 12.0 Å². The molecule has 0 aromatic carbocycles. The third-order valence-electron chi connectivity index (χ3n) is 1.95. The summed E-state index contributed by atoms with van der Waals surface area (Å²) in [6.07, 6.45) is 1.96. The summed E-state index contributed by atoms with van der Waals surface area (Å²) in [7, 11) is 2.54. The molecule has 1 aliphatic heterocycles. The first-order valence-electron chi connectivity index (χ1n) is 4.31. The molecule has 15 heavy (non-hydrogen) atoms. The van der Waals surface area contributed by atoms with Gasteiger partial charge >= 0.3 is 11.9 Å². The fourth-order valence-electron chi connectivity index (χ4n) is 1.11. The first-order valence-corrected chi connectivity index (χ1v) is 4.31. The summed E-state index contributed by atoms with van der Waals surface area (Å²) in [5, 5.41) is 0. The third-order valence-corrected chi connectivity index (χ3v) is 1.95. The number of esters is 2. The van der Waals surface area contributed by atoms with Crippen molar-refractivity contribution in [3.8, 4) is 0 Å².